The van der Waals surface area contributed by atoms with E-state index in [9.17, 15) is 18.4 Å². The molecule has 0 aliphatic heterocycles. The lowest BCUT2D eigenvalue weighted by atomic mass is 10.0. The van der Waals surface area contributed by atoms with Gasteiger partial charge in [0.25, 0.3) is 0 Å². The summed E-state index contributed by atoms with van der Waals surface area (Å²) < 4.78 is 36.9. The Morgan fingerprint density at radius 1 is 1.18 bits per heavy atom. The molecule has 0 aliphatic rings. The number of carbonyl (C=O) groups excluding carboxylic acids is 2. The Labute approximate surface area is 135 Å². The van der Waals surface area contributed by atoms with Gasteiger partial charge < -0.3 is 9.47 Å². The van der Waals surface area contributed by atoms with Crippen molar-refractivity contribution < 1.29 is 27.8 Å². The van der Waals surface area contributed by atoms with Crippen molar-refractivity contribution in [3.63, 3.8) is 0 Å². The number of benzene rings is 1. The van der Waals surface area contributed by atoms with E-state index in [1.54, 1.807) is 6.92 Å². The summed E-state index contributed by atoms with van der Waals surface area (Å²) in [5.74, 6) is -4.59. The number of ketones is 1. The molecule has 8 heteroatoms. The van der Waals surface area contributed by atoms with Crippen LogP contribution in [0.1, 0.15) is 24.2 Å². The largest absolute Gasteiger partial charge is 0.500 e. The first-order valence-electron chi connectivity index (χ1n) is 6.21. The molecule has 0 heterocycles. The van der Waals surface area contributed by atoms with Crippen molar-refractivity contribution in [1.82, 2.24) is 0 Å². The van der Waals surface area contributed by atoms with E-state index in [2.05, 4.69) is 0 Å². The van der Waals surface area contributed by atoms with E-state index in [1.165, 1.54) is 6.92 Å². The Kier molecular flexibility index (Phi) is 6.77. The number of ether oxygens (including phenoxy) is 2. The predicted octanol–water partition coefficient (Wildman–Crippen LogP) is 3.94. The Morgan fingerprint density at radius 3 is 2.36 bits per heavy atom. The molecule has 0 radical (unpaired) electrons. The van der Waals surface area contributed by atoms with Crippen LogP contribution in [0.25, 0.3) is 0 Å². The Bertz CT molecular complexity index is 630. The third-order valence-electron chi connectivity index (χ3n) is 2.46. The first-order chi connectivity index (χ1) is 10.3. The minimum absolute atomic E-state index is 0.00297. The highest BCUT2D eigenvalue weighted by molar-refractivity contribution is 6.36. The zero-order valence-corrected chi connectivity index (χ0v) is 13.2. The highest BCUT2D eigenvalue weighted by atomic mass is 35.5. The lowest BCUT2D eigenvalue weighted by Gasteiger charge is -2.09. The predicted molar refractivity (Wildman–Crippen MR) is 77.1 cm³/mol. The molecule has 120 valence electrons. The third kappa shape index (κ3) is 3.96. The summed E-state index contributed by atoms with van der Waals surface area (Å²) >= 11 is 11.0. The maximum Gasteiger partial charge on any atom is 0.345 e. The normalized spacial score (nSPS) is 11.3. The van der Waals surface area contributed by atoms with Crippen molar-refractivity contribution in [2.75, 3.05) is 13.2 Å². The fraction of sp³-hybridized carbons (Fsp3) is 0.286. The summed E-state index contributed by atoms with van der Waals surface area (Å²) in [5.41, 5.74) is -1.21. The molecule has 1 aromatic carbocycles. The van der Waals surface area contributed by atoms with E-state index in [0.717, 1.165) is 12.3 Å². The maximum atomic E-state index is 14.0. The van der Waals surface area contributed by atoms with E-state index in [0.29, 0.717) is 0 Å². The van der Waals surface area contributed by atoms with E-state index in [-0.39, 0.29) is 13.2 Å². The molecular weight excluding hydrogens is 341 g/mol. The number of carbonyl (C=O) groups is 2. The van der Waals surface area contributed by atoms with Crippen LogP contribution in [-0.4, -0.2) is 25.0 Å². The molecule has 1 aromatic rings. The van der Waals surface area contributed by atoms with Crippen LogP contribution in [0.4, 0.5) is 8.78 Å². The molecule has 0 atom stereocenters. The molecule has 0 saturated heterocycles. The van der Waals surface area contributed by atoms with Gasteiger partial charge in [0.15, 0.2) is 11.6 Å². The quantitative estimate of drug-likeness (QED) is 0.114. The van der Waals surface area contributed by atoms with Crippen LogP contribution in [0, 0.1) is 11.6 Å². The molecule has 0 aliphatic carbocycles. The highest BCUT2D eigenvalue weighted by Crippen LogP contribution is 2.30. The van der Waals surface area contributed by atoms with Gasteiger partial charge in [-0.1, -0.05) is 23.2 Å². The molecule has 0 aromatic heterocycles. The van der Waals surface area contributed by atoms with Crippen LogP contribution >= 0.6 is 23.2 Å². The number of esters is 1. The smallest absolute Gasteiger partial charge is 0.345 e. The number of rotatable bonds is 6. The standard InChI is InChI=1S/C14H12Cl2F2O4/c1-3-21-6-8(14(20)22-4-2)13(19)7-5-9(15)12(18)10(16)11(7)17/h5-6H,3-4H2,1-2H3. The second-order valence-corrected chi connectivity index (χ2v) is 4.67. The summed E-state index contributed by atoms with van der Waals surface area (Å²) in [4.78, 5) is 24.0. The minimum atomic E-state index is -1.32. The number of hydrogen-bond donors (Lipinski definition) is 0. The topological polar surface area (TPSA) is 52.6 Å². The van der Waals surface area contributed by atoms with E-state index in [4.69, 9.17) is 32.7 Å². The lowest BCUT2D eigenvalue weighted by molar-refractivity contribution is -0.138. The summed E-state index contributed by atoms with van der Waals surface area (Å²) in [6.07, 6.45) is 0.852. The minimum Gasteiger partial charge on any atom is -0.500 e. The van der Waals surface area contributed by atoms with Crippen LogP contribution < -0.4 is 0 Å². The van der Waals surface area contributed by atoms with Crippen LogP contribution in [-0.2, 0) is 14.3 Å². The molecule has 22 heavy (non-hydrogen) atoms. The van der Waals surface area contributed by atoms with Crippen LogP contribution in [0.2, 0.25) is 10.0 Å². The van der Waals surface area contributed by atoms with Gasteiger partial charge >= 0.3 is 5.97 Å². The molecule has 0 spiro atoms. The van der Waals surface area contributed by atoms with E-state index >= 15 is 0 Å². The van der Waals surface area contributed by atoms with Crippen LogP contribution in [0.15, 0.2) is 17.9 Å². The summed E-state index contributed by atoms with van der Waals surface area (Å²) in [7, 11) is 0. The first-order valence-corrected chi connectivity index (χ1v) is 6.97. The van der Waals surface area contributed by atoms with E-state index in [1.807, 2.05) is 0 Å². The Balaban J connectivity index is 3.34. The SMILES string of the molecule is CCOC=C(C(=O)OCC)C(=O)c1cc(Cl)c(F)c(Cl)c1F. The molecule has 0 bridgehead atoms. The Hall–Kier alpha value is -1.66. The summed E-state index contributed by atoms with van der Waals surface area (Å²) in [5, 5.41) is -1.48. The van der Waals surface area contributed by atoms with Gasteiger partial charge in [0.1, 0.15) is 16.9 Å². The van der Waals surface area contributed by atoms with Gasteiger partial charge in [0.05, 0.1) is 23.8 Å². The molecule has 0 unspecified atom stereocenters. The van der Waals surface area contributed by atoms with Crippen molar-refractivity contribution in [1.29, 1.82) is 0 Å². The van der Waals surface area contributed by atoms with Crippen molar-refractivity contribution >= 4 is 35.0 Å². The fourth-order valence-corrected chi connectivity index (χ4v) is 1.91. The summed E-state index contributed by atoms with van der Waals surface area (Å²) in [6.45, 7) is 3.33. The van der Waals surface area contributed by atoms with Gasteiger partial charge in [-0.15, -0.1) is 0 Å². The van der Waals surface area contributed by atoms with Gasteiger partial charge in [-0.2, -0.15) is 0 Å². The number of halogens is 4. The molecule has 4 nitrogen and oxygen atoms in total. The zero-order valence-electron chi connectivity index (χ0n) is 11.7. The van der Waals surface area contributed by atoms with Crippen molar-refractivity contribution in [2.24, 2.45) is 0 Å². The number of hydrogen-bond acceptors (Lipinski definition) is 4. The average Bonchev–Trinajstić information content (AvgIpc) is 2.49. The fourth-order valence-electron chi connectivity index (χ4n) is 1.45. The monoisotopic (exact) mass is 352 g/mol. The molecule has 0 amide bonds. The second-order valence-electron chi connectivity index (χ2n) is 3.88. The molecule has 0 saturated carbocycles. The van der Waals surface area contributed by atoms with E-state index < -0.39 is 44.6 Å². The van der Waals surface area contributed by atoms with Crippen molar-refractivity contribution in [3.05, 3.63) is 45.1 Å². The van der Waals surface area contributed by atoms with Gasteiger partial charge in [0.2, 0.25) is 5.78 Å². The molecule has 0 N–H and O–H groups in total. The van der Waals surface area contributed by atoms with Gasteiger partial charge in [-0.25, -0.2) is 13.6 Å². The average molecular weight is 353 g/mol. The molecule has 1 rings (SSSR count). The zero-order chi connectivity index (χ0) is 16.9. The molecule has 0 fully saturated rings. The van der Waals surface area contributed by atoms with Gasteiger partial charge in [-0.05, 0) is 19.9 Å². The third-order valence-corrected chi connectivity index (χ3v) is 3.06. The van der Waals surface area contributed by atoms with Crippen molar-refractivity contribution in [2.45, 2.75) is 13.8 Å². The second kappa shape index (κ2) is 8.10. The Morgan fingerprint density at radius 2 is 1.82 bits per heavy atom. The van der Waals surface area contributed by atoms with Crippen LogP contribution in [0.5, 0.6) is 0 Å². The van der Waals surface area contributed by atoms with Gasteiger partial charge in [-0.3, -0.25) is 4.79 Å². The molecular formula is C14H12Cl2F2O4. The van der Waals surface area contributed by atoms with Gasteiger partial charge in [0, 0.05) is 0 Å². The maximum absolute atomic E-state index is 14.0. The lowest BCUT2D eigenvalue weighted by Crippen LogP contribution is -2.18. The highest BCUT2D eigenvalue weighted by Gasteiger charge is 2.27. The van der Waals surface area contributed by atoms with Crippen molar-refractivity contribution in [3.8, 4) is 0 Å². The first kappa shape index (κ1) is 18.4. The summed E-state index contributed by atoms with van der Waals surface area (Å²) in [6, 6.07) is 0.749. The van der Waals surface area contributed by atoms with Crippen LogP contribution in [0.3, 0.4) is 0 Å². The number of Topliss-reactive ketones (excluding diaryl/α,β-unsaturated/α-hetero) is 1.